The third-order valence-corrected chi connectivity index (χ3v) is 5.14. The molecule has 0 unspecified atom stereocenters. The molecule has 116 valence electrons. The van der Waals surface area contributed by atoms with E-state index < -0.39 is 0 Å². The molecule has 1 saturated heterocycles. The molecule has 0 spiro atoms. The lowest BCUT2D eigenvalue weighted by Gasteiger charge is -2.36. The maximum atomic E-state index is 12.3. The Kier molecular flexibility index (Phi) is 5.01. The van der Waals surface area contributed by atoms with E-state index in [9.17, 15) is 4.79 Å². The first-order chi connectivity index (χ1) is 10.7. The summed E-state index contributed by atoms with van der Waals surface area (Å²) in [6.45, 7) is 3.31. The van der Waals surface area contributed by atoms with Crippen LogP contribution in [0, 0.1) is 0 Å². The summed E-state index contributed by atoms with van der Waals surface area (Å²) in [7, 11) is 0. The zero-order chi connectivity index (χ0) is 15.4. The number of carbonyl (C=O) groups excluding carboxylic acids is 1. The van der Waals surface area contributed by atoms with Gasteiger partial charge in [0.05, 0.1) is 0 Å². The maximum Gasteiger partial charge on any atom is 0.223 e. The van der Waals surface area contributed by atoms with Crippen molar-refractivity contribution >= 4 is 34.5 Å². The summed E-state index contributed by atoms with van der Waals surface area (Å²) in [5, 5.41) is 2.82. The van der Waals surface area contributed by atoms with Gasteiger partial charge in [-0.2, -0.15) is 0 Å². The summed E-state index contributed by atoms with van der Waals surface area (Å²) in [6.07, 6.45) is 1.46. The van der Waals surface area contributed by atoms with Crippen molar-refractivity contribution in [3.8, 4) is 0 Å². The minimum absolute atomic E-state index is 0.263. The van der Waals surface area contributed by atoms with Gasteiger partial charge in [-0.1, -0.05) is 23.7 Å². The van der Waals surface area contributed by atoms with Crippen LogP contribution in [0.4, 0.5) is 5.69 Å². The van der Waals surface area contributed by atoms with Gasteiger partial charge in [0.15, 0.2) is 0 Å². The minimum Gasteiger partial charge on any atom is -0.368 e. The van der Waals surface area contributed by atoms with Crippen LogP contribution in [-0.4, -0.2) is 37.0 Å². The Balaban J connectivity index is 1.49. The lowest BCUT2D eigenvalue weighted by atomic mass is 10.2. The van der Waals surface area contributed by atoms with Gasteiger partial charge in [0, 0.05) is 48.2 Å². The van der Waals surface area contributed by atoms with Crippen molar-refractivity contribution in [3.63, 3.8) is 0 Å². The molecule has 0 atom stereocenters. The molecule has 3 rings (SSSR count). The van der Waals surface area contributed by atoms with Crippen LogP contribution in [0.5, 0.6) is 0 Å². The normalized spacial score (nSPS) is 15.1. The largest absolute Gasteiger partial charge is 0.368 e. The number of halogens is 1. The predicted molar refractivity (Wildman–Crippen MR) is 92.9 cm³/mol. The van der Waals surface area contributed by atoms with Gasteiger partial charge in [-0.15, -0.1) is 11.3 Å². The first kappa shape index (κ1) is 15.4. The number of hydrogen-bond donors (Lipinski definition) is 0. The number of nitrogens with zero attached hydrogens (tertiary/aromatic N) is 2. The van der Waals surface area contributed by atoms with Crippen molar-refractivity contribution in [1.82, 2.24) is 4.90 Å². The fourth-order valence-electron chi connectivity index (χ4n) is 2.73. The lowest BCUT2D eigenvalue weighted by molar-refractivity contribution is -0.131. The summed E-state index contributed by atoms with van der Waals surface area (Å²) >= 11 is 7.76. The Bertz CT molecular complexity index is 621. The molecule has 0 aliphatic carbocycles. The van der Waals surface area contributed by atoms with Crippen molar-refractivity contribution in [3.05, 3.63) is 51.7 Å². The first-order valence-electron chi connectivity index (χ1n) is 7.53. The number of rotatable bonds is 4. The second-order valence-electron chi connectivity index (χ2n) is 5.43. The van der Waals surface area contributed by atoms with Crippen LogP contribution in [-0.2, 0) is 11.2 Å². The van der Waals surface area contributed by atoms with Crippen LogP contribution < -0.4 is 4.90 Å². The summed E-state index contributed by atoms with van der Waals surface area (Å²) in [6, 6.07) is 12.0. The molecule has 1 fully saturated rings. The fraction of sp³-hybridized carbons (Fsp3) is 0.353. The lowest BCUT2D eigenvalue weighted by Crippen LogP contribution is -2.48. The van der Waals surface area contributed by atoms with E-state index in [0.717, 1.165) is 43.3 Å². The molecule has 22 heavy (non-hydrogen) atoms. The smallest absolute Gasteiger partial charge is 0.223 e. The van der Waals surface area contributed by atoms with Crippen LogP contribution in [0.1, 0.15) is 11.3 Å². The standard InChI is InChI=1S/C17H19ClN2OS/c18-14-3-1-4-15(13-14)19-8-10-20(11-9-19)17(21)7-6-16-5-2-12-22-16/h1-5,12-13H,6-11H2. The number of carbonyl (C=O) groups is 1. The minimum atomic E-state index is 0.263. The molecule has 1 aliphatic rings. The SMILES string of the molecule is O=C(CCc1cccs1)N1CCN(c2cccc(Cl)c2)CC1. The topological polar surface area (TPSA) is 23.6 Å². The number of aryl methyl sites for hydroxylation is 1. The third kappa shape index (κ3) is 3.81. The highest BCUT2D eigenvalue weighted by Gasteiger charge is 2.21. The third-order valence-electron chi connectivity index (χ3n) is 3.97. The van der Waals surface area contributed by atoms with E-state index in [4.69, 9.17) is 11.6 Å². The van der Waals surface area contributed by atoms with Gasteiger partial charge in [0.25, 0.3) is 0 Å². The van der Waals surface area contributed by atoms with Gasteiger partial charge in [0.1, 0.15) is 0 Å². The molecule has 3 nitrogen and oxygen atoms in total. The van der Waals surface area contributed by atoms with Crippen molar-refractivity contribution in [1.29, 1.82) is 0 Å². The predicted octanol–water partition coefficient (Wildman–Crippen LogP) is 3.68. The molecule has 2 heterocycles. The number of amides is 1. The summed E-state index contributed by atoms with van der Waals surface area (Å²) < 4.78 is 0. The Labute approximate surface area is 140 Å². The number of benzene rings is 1. The molecule has 1 aromatic heterocycles. The average molecular weight is 335 g/mol. The van der Waals surface area contributed by atoms with Gasteiger partial charge in [-0.05, 0) is 36.1 Å². The molecule has 1 aromatic carbocycles. The van der Waals surface area contributed by atoms with Gasteiger partial charge >= 0.3 is 0 Å². The Morgan fingerprint density at radius 1 is 1.14 bits per heavy atom. The highest BCUT2D eigenvalue weighted by molar-refractivity contribution is 7.09. The summed E-state index contributed by atoms with van der Waals surface area (Å²) in [4.78, 5) is 17.8. The van der Waals surface area contributed by atoms with Crippen molar-refractivity contribution in [2.24, 2.45) is 0 Å². The van der Waals surface area contributed by atoms with E-state index in [0.29, 0.717) is 6.42 Å². The summed E-state index contributed by atoms with van der Waals surface area (Å²) in [5.74, 6) is 0.263. The van der Waals surface area contributed by atoms with Crippen molar-refractivity contribution < 1.29 is 4.79 Å². The zero-order valence-electron chi connectivity index (χ0n) is 12.4. The molecule has 5 heteroatoms. The van der Waals surface area contributed by atoms with E-state index in [1.165, 1.54) is 4.88 Å². The number of hydrogen-bond acceptors (Lipinski definition) is 3. The molecule has 0 saturated carbocycles. The molecule has 1 amide bonds. The monoisotopic (exact) mass is 334 g/mol. The molecule has 0 N–H and O–H groups in total. The number of anilines is 1. The van der Waals surface area contributed by atoms with Gasteiger partial charge in [-0.25, -0.2) is 0 Å². The van der Waals surface area contributed by atoms with Crippen LogP contribution in [0.25, 0.3) is 0 Å². The number of piperazine rings is 1. The van der Waals surface area contributed by atoms with Crippen LogP contribution >= 0.6 is 22.9 Å². The molecule has 1 aliphatic heterocycles. The second-order valence-corrected chi connectivity index (χ2v) is 6.90. The van der Waals surface area contributed by atoms with Crippen LogP contribution in [0.2, 0.25) is 5.02 Å². The highest BCUT2D eigenvalue weighted by Crippen LogP contribution is 2.21. The van der Waals surface area contributed by atoms with E-state index in [1.807, 2.05) is 29.2 Å². The Hall–Kier alpha value is -1.52. The van der Waals surface area contributed by atoms with E-state index in [1.54, 1.807) is 11.3 Å². The van der Waals surface area contributed by atoms with Crippen LogP contribution in [0.3, 0.4) is 0 Å². The van der Waals surface area contributed by atoms with E-state index in [-0.39, 0.29) is 5.91 Å². The van der Waals surface area contributed by atoms with Gasteiger partial charge in [0.2, 0.25) is 5.91 Å². The number of thiophene rings is 1. The molecular formula is C17H19ClN2OS. The van der Waals surface area contributed by atoms with E-state index >= 15 is 0 Å². The average Bonchev–Trinajstić information content (AvgIpc) is 3.06. The van der Waals surface area contributed by atoms with Crippen molar-refractivity contribution in [2.45, 2.75) is 12.8 Å². The fourth-order valence-corrected chi connectivity index (χ4v) is 3.62. The van der Waals surface area contributed by atoms with Crippen molar-refractivity contribution in [2.75, 3.05) is 31.1 Å². The Morgan fingerprint density at radius 3 is 2.64 bits per heavy atom. The molecular weight excluding hydrogens is 316 g/mol. The molecule has 0 radical (unpaired) electrons. The Morgan fingerprint density at radius 2 is 1.95 bits per heavy atom. The highest BCUT2D eigenvalue weighted by atomic mass is 35.5. The molecule has 0 bridgehead atoms. The van der Waals surface area contributed by atoms with Crippen LogP contribution in [0.15, 0.2) is 41.8 Å². The van der Waals surface area contributed by atoms with Gasteiger partial charge < -0.3 is 9.80 Å². The second kappa shape index (κ2) is 7.16. The zero-order valence-corrected chi connectivity index (χ0v) is 13.9. The summed E-state index contributed by atoms with van der Waals surface area (Å²) in [5.41, 5.74) is 1.14. The van der Waals surface area contributed by atoms with E-state index in [2.05, 4.69) is 22.4 Å². The van der Waals surface area contributed by atoms with Gasteiger partial charge in [-0.3, -0.25) is 4.79 Å². The molecule has 2 aromatic rings. The first-order valence-corrected chi connectivity index (χ1v) is 8.79. The quantitative estimate of drug-likeness (QED) is 0.851. The maximum absolute atomic E-state index is 12.3.